The number of rotatable bonds is 4. The molecule has 11 heteroatoms. The summed E-state index contributed by atoms with van der Waals surface area (Å²) >= 11 is 13.1. The van der Waals surface area contributed by atoms with Crippen LogP contribution in [0.5, 0.6) is 0 Å². The lowest BCUT2D eigenvalue weighted by molar-refractivity contribution is -0.384. The van der Waals surface area contributed by atoms with Crippen molar-refractivity contribution < 1.29 is 9.34 Å². The Labute approximate surface area is 170 Å². The number of nitro groups is 1. The number of benzene rings is 2. The highest BCUT2D eigenvalue weighted by Gasteiger charge is 2.16. The Balaban J connectivity index is 1.71. The summed E-state index contributed by atoms with van der Waals surface area (Å²) < 4.78 is 5.25. The van der Waals surface area contributed by atoms with Gasteiger partial charge in [0.2, 0.25) is 5.13 Å². The normalized spacial score (nSPS) is 10.9. The maximum absolute atomic E-state index is 12.3. The first-order valence-electron chi connectivity index (χ1n) is 7.69. The first-order valence-corrected chi connectivity index (χ1v) is 9.26. The SMILES string of the molecule is O=c1oc2ccc([N+](=O)[O-])cc2cc1-c1nnc(Nc2ccc(Cl)cc2Cl)s1. The maximum atomic E-state index is 12.3. The summed E-state index contributed by atoms with van der Waals surface area (Å²) in [5.74, 6) is 0. The third kappa shape index (κ3) is 3.55. The summed E-state index contributed by atoms with van der Waals surface area (Å²) in [6.45, 7) is 0. The predicted molar refractivity (Wildman–Crippen MR) is 108 cm³/mol. The molecule has 28 heavy (non-hydrogen) atoms. The predicted octanol–water partition coefficient (Wildman–Crippen LogP) is 5.27. The molecular weight excluding hydrogens is 427 g/mol. The van der Waals surface area contributed by atoms with Crippen molar-refractivity contribution in [2.24, 2.45) is 0 Å². The van der Waals surface area contributed by atoms with Crippen molar-refractivity contribution >= 4 is 62.0 Å². The third-order valence-electron chi connectivity index (χ3n) is 3.75. The van der Waals surface area contributed by atoms with E-state index in [1.165, 1.54) is 24.3 Å². The molecular formula is C17H8Cl2N4O4S. The fourth-order valence-corrected chi connectivity index (χ4v) is 3.68. The van der Waals surface area contributed by atoms with Crippen LogP contribution in [-0.4, -0.2) is 15.1 Å². The number of hydrogen-bond acceptors (Lipinski definition) is 8. The highest BCUT2D eigenvalue weighted by molar-refractivity contribution is 7.18. The summed E-state index contributed by atoms with van der Waals surface area (Å²) in [5, 5.41) is 24.0. The number of nitro benzene ring substituents is 1. The molecule has 1 N–H and O–H groups in total. The minimum atomic E-state index is -0.617. The van der Waals surface area contributed by atoms with E-state index in [4.69, 9.17) is 27.6 Å². The van der Waals surface area contributed by atoms with Crippen LogP contribution in [0.2, 0.25) is 10.0 Å². The van der Waals surface area contributed by atoms with Crippen LogP contribution in [0.3, 0.4) is 0 Å². The zero-order valence-electron chi connectivity index (χ0n) is 13.7. The summed E-state index contributed by atoms with van der Waals surface area (Å²) in [6, 6.07) is 10.4. The summed E-state index contributed by atoms with van der Waals surface area (Å²) in [4.78, 5) is 22.7. The van der Waals surface area contributed by atoms with Crippen molar-refractivity contribution in [2.45, 2.75) is 0 Å². The number of halogens is 2. The number of hydrogen-bond donors (Lipinski definition) is 1. The second-order valence-corrected chi connectivity index (χ2v) is 7.41. The molecule has 2 heterocycles. The molecule has 0 aliphatic heterocycles. The Hall–Kier alpha value is -3.01. The molecule has 2 aromatic heterocycles. The van der Waals surface area contributed by atoms with E-state index in [-0.39, 0.29) is 16.8 Å². The molecule has 0 unspecified atom stereocenters. The van der Waals surface area contributed by atoms with Crippen LogP contribution in [0, 0.1) is 10.1 Å². The van der Waals surface area contributed by atoms with E-state index in [0.717, 1.165) is 11.3 Å². The molecule has 0 bridgehead atoms. The largest absolute Gasteiger partial charge is 0.422 e. The molecule has 0 aliphatic rings. The van der Waals surface area contributed by atoms with Crippen LogP contribution < -0.4 is 10.9 Å². The minimum absolute atomic E-state index is 0.107. The topological polar surface area (TPSA) is 111 Å². The van der Waals surface area contributed by atoms with Gasteiger partial charge in [-0.3, -0.25) is 10.1 Å². The number of nitrogens with one attached hydrogen (secondary N) is 1. The molecule has 4 rings (SSSR count). The molecule has 140 valence electrons. The van der Waals surface area contributed by atoms with Crippen LogP contribution in [0.15, 0.2) is 51.7 Å². The molecule has 8 nitrogen and oxygen atoms in total. The van der Waals surface area contributed by atoms with Gasteiger partial charge in [0.15, 0.2) is 5.01 Å². The summed E-state index contributed by atoms with van der Waals surface area (Å²) in [5.41, 5.74) is 0.253. The zero-order valence-corrected chi connectivity index (χ0v) is 16.0. The second kappa shape index (κ2) is 7.19. The van der Waals surface area contributed by atoms with Gasteiger partial charge in [0, 0.05) is 22.5 Å². The second-order valence-electron chi connectivity index (χ2n) is 5.59. The van der Waals surface area contributed by atoms with Gasteiger partial charge in [0.25, 0.3) is 5.69 Å². The van der Waals surface area contributed by atoms with E-state index in [2.05, 4.69) is 15.5 Å². The van der Waals surface area contributed by atoms with E-state index in [1.807, 2.05) is 0 Å². The lowest BCUT2D eigenvalue weighted by Crippen LogP contribution is -2.02. The van der Waals surface area contributed by atoms with Gasteiger partial charge < -0.3 is 9.73 Å². The van der Waals surface area contributed by atoms with Crippen LogP contribution in [-0.2, 0) is 0 Å². The molecule has 0 atom stereocenters. The number of anilines is 2. The highest BCUT2D eigenvalue weighted by atomic mass is 35.5. The highest BCUT2D eigenvalue weighted by Crippen LogP contribution is 2.32. The van der Waals surface area contributed by atoms with E-state index in [1.54, 1.807) is 18.2 Å². The average Bonchev–Trinajstić information content (AvgIpc) is 3.11. The van der Waals surface area contributed by atoms with Gasteiger partial charge in [-0.05, 0) is 30.3 Å². The maximum Gasteiger partial charge on any atom is 0.346 e. The Morgan fingerprint density at radius 3 is 2.68 bits per heavy atom. The Bertz CT molecular complexity index is 1290. The van der Waals surface area contributed by atoms with Crippen molar-refractivity contribution in [3.8, 4) is 10.6 Å². The molecule has 2 aromatic carbocycles. The first kappa shape index (κ1) is 18.4. The average molecular weight is 435 g/mol. The van der Waals surface area contributed by atoms with Crippen molar-refractivity contribution in [3.63, 3.8) is 0 Å². The molecule has 0 amide bonds. The summed E-state index contributed by atoms with van der Waals surface area (Å²) in [6.07, 6.45) is 0. The summed E-state index contributed by atoms with van der Waals surface area (Å²) in [7, 11) is 0. The Morgan fingerprint density at radius 1 is 1.11 bits per heavy atom. The van der Waals surface area contributed by atoms with E-state index in [0.29, 0.717) is 31.3 Å². The molecule has 4 aromatic rings. The molecule has 0 saturated heterocycles. The smallest absolute Gasteiger partial charge is 0.346 e. The number of non-ortho nitro benzene ring substituents is 1. The van der Waals surface area contributed by atoms with E-state index in [9.17, 15) is 14.9 Å². The number of fused-ring (bicyclic) bond motifs is 1. The van der Waals surface area contributed by atoms with Gasteiger partial charge in [-0.1, -0.05) is 34.5 Å². The van der Waals surface area contributed by atoms with Gasteiger partial charge in [-0.25, -0.2) is 4.79 Å². The lowest BCUT2D eigenvalue weighted by atomic mass is 10.2. The van der Waals surface area contributed by atoms with Gasteiger partial charge in [-0.2, -0.15) is 0 Å². The zero-order chi connectivity index (χ0) is 19.8. The van der Waals surface area contributed by atoms with Gasteiger partial charge in [-0.15, -0.1) is 10.2 Å². The fraction of sp³-hybridized carbons (Fsp3) is 0. The van der Waals surface area contributed by atoms with Gasteiger partial charge in [0.1, 0.15) is 5.58 Å². The molecule has 0 spiro atoms. The van der Waals surface area contributed by atoms with Crippen LogP contribution >= 0.6 is 34.5 Å². The first-order chi connectivity index (χ1) is 13.4. The van der Waals surface area contributed by atoms with E-state index >= 15 is 0 Å². The van der Waals surface area contributed by atoms with Crippen molar-refractivity contribution in [1.82, 2.24) is 10.2 Å². The number of nitrogens with zero attached hydrogens (tertiary/aromatic N) is 3. The fourth-order valence-electron chi connectivity index (χ4n) is 2.46. The molecule has 0 fully saturated rings. The molecule has 0 saturated carbocycles. The van der Waals surface area contributed by atoms with Crippen LogP contribution in [0.25, 0.3) is 21.5 Å². The van der Waals surface area contributed by atoms with E-state index < -0.39 is 10.5 Å². The number of aromatic nitrogens is 2. The van der Waals surface area contributed by atoms with Crippen molar-refractivity contribution in [1.29, 1.82) is 0 Å². The van der Waals surface area contributed by atoms with Crippen LogP contribution in [0.1, 0.15) is 0 Å². The minimum Gasteiger partial charge on any atom is -0.422 e. The van der Waals surface area contributed by atoms with Crippen molar-refractivity contribution in [2.75, 3.05) is 5.32 Å². The monoisotopic (exact) mass is 434 g/mol. The quantitative estimate of drug-likeness (QED) is 0.264. The standard InChI is InChI=1S/C17H8Cl2N4O4S/c18-9-1-3-13(12(19)7-9)20-17-22-21-15(28-17)11-6-8-5-10(23(25)26)2-4-14(8)27-16(11)24/h1-7H,(H,20,22). The Morgan fingerprint density at radius 2 is 1.93 bits per heavy atom. The lowest BCUT2D eigenvalue weighted by Gasteiger charge is -2.04. The molecule has 0 radical (unpaired) electrons. The Kier molecular flexibility index (Phi) is 4.71. The van der Waals surface area contributed by atoms with Crippen LogP contribution in [0.4, 0.5) is 16.5 Å². The third-order valence-corrected chi connectivity index (χ3v) is 5.17. The van der Waals surface area contributed by atoms with Crippen molar-refractivity contribution in [3.05, 3.63) is 73.0 Å². The molecule has 0 aliphatic carbocycles. The van der Waals surface area contributed by atoms with Gasteiger partial charge in [0.05, 0.1) is 21.2 Å². The van der Waals surface area contributed by atoms with Gasteiger partial charge >= 0.3 is 5.63 Å².